The Bertz CT molecular complexity index is 1090. The van der Waals surface area contributed by atoms with Crippen LogP contribution < -0.4 is 14.8 Å². The zero-order valence-corrected chi connectivity index (χ0v) is 18.9. The van der Waals surface area contributed by atoms with Gasteiger partial charge in [-0.05, 0) is 41.8 Å². The molecule has 2 aromatic rings. The Hall–Kier alpha value is -2.10. The van der Waals surface area contributed by atoms with Crippen LogP contribution in [0.5, 0.6) is 11.5 Å². The number of aryl methyl sites for hydroxylation is 1. The van der Waals surface area contributed by atoms with E-state index < -0.39 is 31.0 Å². The number of benzene rings is 2. The Morgan fingerprint density at radius 2 is 1.60 bits per heavy atom. The summed E-state index contributed by atoms with van der Waals surface area (Å²) < 4.78 is 61.5. The second-order valence-electron chi connectivity index (χ2n) is 7.33. The first kappa shape index (κ1) is 22.6. The Morgan fingerprint density at radius 1 is 0.967 bits per heavy atom. The molecule has 0 bridgehead atoms. The number of ether oxygens (including phenoxy) is 2. The second kappa shape index (κ2) is 8.95. The monoisotopic (exact) mass is 453 g/mol. The van der Waals surface area contributed by atoms with Crippen LogP contribution in [-0.4, -0.2) is 53.9 Å². The predicted molar refractivity (Wildman–Crippen MR) is 116 cm³/mol. The number of hydrogen-bond donors (Lipinski definition) is 1. The van der Waals surface area contributed by atoms with Gasteiger partial charge in [0.15, 0.2) is 31.2 Å². The van der Waals surface area contributed by atoms with Crippen LogP contribution in [0.3, 0.4) is 0 Å². The highest BCUT2D eigenvalue weighted by Crippen LogP contribution is 2.29. The Balaban J connectivity index is 1.82. The molecule has 7 nitrogen and oxygen atoms in total. The maximum absolute atomic E-state index is 13.2. The van der Waals surface area contributed by atoms with Crippen molar-refractivity contribution in [1.29, 1.82) is 0 Å². The van der Waals surface area contributed by atoms with E-state index in [1.165, 1.54) is 7.11 Å². The molecule has 0 unspecified atom stereocenters. The Morgan fingerprint density at radius 3 is 2.20 bits per heavy atom. The maximum Gasteiger partial charge on any atom is 0.183 e. The van der Waals surface area contributed by atoms with Crippen molar-refractivity contribution < 1.29 is 26.3 Å². The van der Waals surface area contributed by atoms with Crippen LogP contribution in [0.25, 0.3) is 0 Å². The molecule has 1 fully saturated rings. The van der Waals surface area contributed by atoms with Gasteiger partial charge in [0.05, 0.1) is 35.9 Å². The number of nitrogens with one attached hydrogen (secondary N) is 1. The molecule has 2 aromatic carbocycles. The molecule has 1 aliphatic rings. The molecule has 1 aliphatic heterocycles. The lowest BCUT2D eigenvalue weighted by Crippen LogP contribution is -2.43. The smallest absolute Gasteiger partial charge is 0.183 e. The summed E-state index contributed by atoms with van der Waals surface area (Å²) in [7, 11) is -4.18. The normalized spacial score (nSPS) is 20.8. The van der Waals surface area contributed by atoms with Crippen LogP contribution in [0.1, 0.15) is 18.1 Å². The molecule has 9 heteroatoms. The third-order valence-electron chi connectivity index (χ3n) is 5.38. The highest BCUT2D eigenvalue weighted by Gasteiger charge is 2.45. The average molecular weight is 454 g/mol. The first-order valence-electron chi connectivity index (χ1n) is 9.67. The van der Waals surface area contributed by atoms with Gasteiger partial charge >= 0.3 is 0 Å². The fourth-order valence-corrected chi connectivity index (χ4v) is 8.36. The highest BCUT2D eigenvalue weighted by atomic mass is 32.2. The summed E-state index contributed by atoms with van der Waals surface area (Å²) in [5.74, 6) is 0.544. The molecule has 164 valence electrons. The van der Waals surface area contributed by atoms with Gasteiger partial charge in [-0.15, -0.1) is 0 Å². The van der Waals surface area contributed by atoms with Crippen molar-refractivity contribution in [3.8, 4) is 11.5 Å². The van der Waals surface area contributed by atoms with E-state index in [1.807, 2.05) is 13.0 Å². The van der Waals surface area contributed by atoms with E-state index in [0.29, 0.717) is 18.0 Å². The highest BCUT2D eigenvalue weighted by molar-refractivity contribution is 7.96. The molecule has 1 N–H and O–H groups in total. The summed E-state index contributed by atoms with van der Waals surface area (Å²) in [4.78, 5) is 0.153. The quantitative estimate of drug-likeness (QED) is 0.653. The predicted octanol–water partition coefficient (Wildman–Crippen LogP) is 2.00. The minimum atomic E-state index is -3.80. The lowest BCUT2D eigenvalue weighted by Gasteiger charge is -2.20. The van der Waals surface area contributed by atoms with Gasteiger partial charge in [-0.2, -0.15) is 0 Å². The summed E-state index contributed by atoms with van der Waals surface area (Å²) in [6.45, 7) is 2.29. The van der Waals surface area contributed by atoms with E-state index in [0.717, 1.165) is 17.5 Å². The molecule has 0 radical (unpaired) electrons. The zero-order valence-electron chi connectivity index (χ0n) is 17.3. The summed E-state index contributed by atoms with van der Waals surface area (Å²) in [5, 5.41) is 2.10. The molecule has 0 aliphatic carbocycles. The molecule has 0 spiro atoms. The lowest BCUT2D eigenvalue weighted by molar-refractivity contribution is 0.354. The zero-order chi connectivity index (χ0) is 21.9. The summed E-state index contributed by atoms with van der Waals surface area (Å²) >= 11 is 0. The Kier molecular flexibility index (Phi) is 6.74. The van der Waals surface area contributed by atoms with Crippen LogP contribution in [0, 0.1) is 0 Å². The van der Waals surface area contributed by atoms with Crippen molar-refractivity contribution in [3.05, 3.63) is 53.6 Å². The second-order valence-corrected chi connectivity index (χ2v) is 11.7. The summed E-state index contributed by atoms with van der Waals surface area (Å²) in [5.41, 5.74) is 1.86. The topological polar surface area (TPSA) is 98.8 Å². The molecule has 1 saturated heterocycles. The fraction of sp³-hybridized carbons (Fsp3) is 0.429. The van der Waals surface area contributed by atoms with Crippen LogP contribution in [0.2, 0.25) is 0 Å². The minimum absolute atomic E-state index is 0.153. The Labute approximate surface area is 178 Å². The van der Waals surface area contributed by atoms with Gasteiger partial charge in [-0.3, -0.25) is 0 Å². The van der Waals surface area contributed by atoms with E-state index in [4.69, 9.17) is 9.47 Å². The molecular weight excluding hydrogens is 426 g/mol. The molecular formula is C21H27NO6S2. The number of sulfone groups is 2. The molecule has 1 heterocycles. The van der Waals surface area contributed by atoms with Crippen LogP contribution in [0.15, 0.2) is 47.4 Å². The molecule has 0 saturated carbocycles. The van der Waals surface area contributed by atoms with Gasteiger partial charge < -0.3 is 14.8 Å². The lowest BCUT2D eigenvalue weighted by atomic mass is 10.1. The fourth-order valence-electron chi connectivity index (χ4n) is 3.64. The maximum atomic E-state index is 13.2. The van der Waals surface area contributed by atoms with Crippen molar-refractivity contribution in [3.63, 3.8) is 0 Å². The molecule has 2 atom stereocenters. The minimum Gasteiger partial charge on any atom is -0.493 e. The van der Waals surface area contributed by atoms with Crippen LogP contribution >= 0.6 is 0 Å². The summed E-state index contributed by atoms with van der Waals surface area (Å²) in [6.07, 6.45) is 0.799. The van der Waals surface area contributed by atoms with E-state index in [9.17, 15) is 16.8 Å². The number of hydrogen-bond acceptors (Lipinski definition) is 7. The molecule has 0 amide bonds. The largest absolute Gasteiger partial charge is 0.493 e. The SMILES string of the molecule is CCc1ccc(S(=O)(=O)[C@H]2CS(=O)(=O)C[C@@H]2NCc2ccc(OC)c(OC)c2)cc1. The molecule has 30 heavy (non-hydrogen) atoms. The van der Waals surface area contributed by atoms with E-state index in [2.05, 4.69) is 5.32 Å². The number of methoxy groups -OCH3 is 2. The third kappa shape index (κ3) is 4.79. The number of rotatable bonds is 8. The molecule has 0 aromatic heterocycles. The van der Waals surface area contributed by atoms with E-state index in [-0.39, 0.29) is 16.4 Å². The van der Waals surface area contributed by atoms with Gasteiger partial charge in [-0.25, -0.2) is 16.8 Å². The van der Waals surface area contributed by atoms with Crippen LogP contribution in [-0.2, 0) is 32.6 Å². The average Bonchev–Trinajstić information content (AvgIpc) is 3.07. The third-order valence-corrected chi connectivity index (χ3v) is 9.54. The van der Waals surface area contributed by atoms with Crippen molar-refractivity contribution in [2.45, 2.75) is 36.1 Å². The van der Waals surface area contributed by atoms with Crippen molar-refractivity contribution in [2.75, 3.05) is 25.7 Å². The van der Waals surface area contributed by atoms with Gasteiger partial charge in [0, 0.05) is 12.6 Å². The van der Waals surface area contributed by atoms with Gasteiger partial charge in [-0.1, -0.05) is 25.1 Å². The van der Waals surface area contributed by atoms with Gasteiger partial charge in [0.2, 0.25) is 0 Å². The van der Waals surface area contributed by atoms with E-state index in [1.54, 1.807) is 43.5 Å². The van der Waals surface area contributed by atoms with Crippen molar-refractivity contribution >= 4 is 19.7 Å². The van der Waals surface area contributed by atoms with Gasteiger partial charge in [0.25, 0.3) is 0 Å². The van der Waals surface area contributed by atoms with E-state index >= 15 is 0 Å². The first-order valence-corrected chi connectivity index (χ1v) is 13.0. The molecule has 3 rings (SSSR count). The standard InChI is InChI=1S/C21H27NO6S2/c1-4-15-5-8-17(9-6-15)30(25,26)21-14-29(23,24)13-18(21)22-12-16-7-10-19(27-2)20(11-16)28-3/h5-11,18,21-22H,4,12-14H2,1-3H3/t18-,21-/m0/s1. The van der Waals surface area contributed by atoms with Gasteiger partial charge in [0.1, 0.15) is 0 Å². The first-order chi connectivity index (χ1) is 14.2. The van der Waals surface area contributed by atoms with Crippen molar-refractivity contribution in [2.24, 2.45) is 0 Å². The van der Waals surface area contributed by atoms with Crippen molar-refractivity contribution in [1.82, 2.24) is 5.32 Å². The summed E-state index contributed by atoms with van der Waals surface area (Å²) in [6, 6.07) is 11.3. The van der Waals surface area contributed by atoms with Crippen LogP contribution in [0.4, 0.5) is 0 Å².